The number of imidazole rings is 1. The van der Waals surface area contributed by atoms with Crippen LogP contribution in [-0.4, -0.2) is 9.55 Å². The molecule has 0 bridgehead atoms. The maximum absolute atomic E-state index is 6.13. The van der Waals surface area contributed by atoms with Crippen molar-refractivity contribution >= 4 is 22.6 Å². The van der Waals surface area contributed by atoms with E-state index in [1.807, 2.05) is 36.4 Å². The molecule has 0 fully saturated rings. The molecule has 3 nitrogen and oxygen atoms in total. The molecule has 0 spiro atoms. The smallest absolute Gasteiger partial charge is 0.141 e. The molecule has 2 aromatic carbocycles. The van der Waals surface area contributed by atoms with E-state index in [2.05, 4.69) is 29.7 Å². The Morgan fingerprint density at radius 3 is 2.78 bits per heavy atom. The molecule has 23 heavy (non-hydrogen) atoms. The van der Waals surface area contributed by atoms with Gasteiger partial charge in [0, 0.05) is 10.6 Å². The summed E-state index contributed by atoms with van der Waals surface area (Å²) in [6.07, 6.45) is 1.69. The van der Waals surface area contributed by atoms with Crippen LogP contribution in [0.5, 0.6) is 0 Å². The highest BCUT2D eigenvalue weighted by Crippen LogP contribution is 2.28. The van der Waals surface area contributed by atoms with Crippen LogP contribution >= 0.6 is 11.6 Å². The lowest BCUT2D eigenvalue weighted by molar-refractivity contribution is 0.497. The number of rotatable bonds is 3. The standard InChI is InChI=1S/C19H15ClN2O/c1-13-4-2-5-14(10-13)19-21-17-11-15(20)7-8-18(17)22(19)12-16-6-3-9-23-16/h2-11H,12H2,1H3. The Morgan fingerprint density at radius 2 is 2.00 bits per heavy atom. The van der Waals surface area contributed by atoms with E-state index < -0.39 is 0 Å². The third-order valence-electron chi connectivity index (χ3n) is 3.88. The van der Waals surface area contributed by atoms with Crippen LogP contribution in [0.4, 0.5) is 0 Å². The van der Waals surface area contributed by atoms with Gasteiger partial charge in [0.2, 0.25) is 0 Å². The van der Waals surface area contributed by atoms with Crippen LogP contribution < -0.4 is 0 Å². The van der Waals surface area contributed by atoms with Gasteiger partial charge in [-0.05, 0) is 43.3 Å². The van der Waals surface area contributed by atoms with E-state index in [1.54, 1.807) is 6.26 Å². The van der Waals surface area contributed by atoms with Crippen molar-refractivity contribution in [2.45, 2.75) is 13.5 Å². The van der Waals surface area contributed by atoms with E-state index in [1.165, 1.54) is 5.56 Å². The zero-order valence-corrected chi connectivity index (χ0v) is 13.4. The average molecular weight is 323 g/mol. The minimum Gasteiger partial charge on any atom is -0.467 e. The van der Waals surface area contributed by atoms with Gasteiger partial charge in [-0.2, -0.15) is 0 Å². The number of aryl methyl sites for hydroxylation is 1. The van der Waals surface area contributed by atoms with E-state index in [0.717, 1.165) is 28.2 Å². The van der Waals surface area contributed by atoms with E-state index in [0.29, 0.717) is 11.6 Å². The first-order chi connectivity index (χ1) is 11.2. The summed E-state index contributed by atoms with van der Waals surface area (Å²) in [5.41, 5.74) is 4.23. The number of hydrogen-bond donors (Lipinski definition) is 0. The number of aromatic nitrogens is 2. The predicted octanol–water partition coefficient (Wildman–Crippen LogP) is 5.31. The van der Waals surface area contributed by atoms with Crippen molar-refractivity contribution in [3.8, 4) is 11.4 Å². The van der Waals surface area contributed by atoms with Gasteiger partial charge in [0.25, 0.3) is 0 Å². The van der Waals surface area contributed by atoms with E-state index in [4.69, 9.17) is 21.0 Å². The molecular formula is C19H15ClN2O. The van der Waals surface area contributed by atoms with Crippen molar-refractivity contribution in [1.29, 1.82) is 0 Å². The van der Waals surface area contributed by atoms with Crippen LogP contribution in [-0.2, 0) is 6.54 Å². The highest BCUT2D eigenvalue weighted by Gasteiger charge is 2.14. The van der Waals surface area contributed by atoms with Crippen molar-refractivity contribution in [2.24, 2.45) is 0 Å². The van der Waals surface area contributed by atoms with Gasteiger partial charge in [-0.1, -0.05) is 35.4 Å². The molecule has 114 valence electrons. The second-order valence-electron chi connectivity index (χ2n) is 5.60. The highest BCUT2D eigenvalue weighted by atomic mass is 35.5. The first-order valence-corrected chi connectivity index (χ1v) is 7.84. The summed E-state index contributed by atoms with van der Waals surface area (Å²) >= 11 is 6.13. The van der Waals surface area contributed by atoms with Gasteiger partial charge in [-0.15, -0.1) is 0 Å². The van der Waals surface area contributed by atoms with Gasteiger partial charge >= 0.3 is 0 Å². The quantitative estimate of drug-likeness (QED) is 0.512. The third-order valence-corrected chi connectivity index (χ3v) is 4.12. The van der Waals surface area contributed by atoms with Gasteiger partial charge in [-0.3, -0.25) is 0 Å². The number of halogens is 1. The largest absolute Gasteiger partial charge is 0.467 e. The van der Waals surface area contributed by atoms with E-state index in [-0.39, 0.29) is 0 Å². The van der Waals surface area contributed by atoms with E-state index >= 15 is 0 Å². The summed E-state index contributed by atoms with van der Waals surface area (Å²) in [7, 11) is 0. The minimum absolute atomic E-state index is 0.633. The summed E-state index contributed by atoms with van der Waals surface area (Å²) in [6, 6.07) is 18.0. The molecule has 0 aliphatic heterocycles. The van der Waals surface area contributed by atoms with Crippen LogP contribution in [0.25, 0.3) is 22.4 Å². The van der Waals surface area contributed by atoms with Gasteiger partial charge in [0.05, 0.1) is 23.8 Å². The van der Waals surface area contributed by atoms with Crippen molar-refractivity contribution in [1.82, 2.24) is 9.55 Å². The maximum Gasteiger partial charge on any atom is 0.141 e. The highest BCUT2D eigenvalue weighted by molar-refractivity contribution is 6.31. The number of fused-ring (bicyclic) bond motifs is 1. The summed E-state index contributed by atoms with van der Waals surface area (Å²) in [5.74, 6) is 1.82. The van der Waals surface area contributed by atoms with Gasteiger partial charge < -0.3 is 8.98 Å². The van der Waals surface area contributed by atoms with Gasteiger partial charge in [-0.25, -0.2) is 4.98 Å². The van der Waals surface area contributed by atoms with Crippen molar-refractivity contribution in [2.75, 3.05) is 0 Å². The molecule has 4 aromatic rings. The Hall–Kier alpha value is -2.52. The molecule has 0 saturated carbocycles. The van der Waals surface area contributed by atoms with Crippen molar-refractivity contribution in [3.05, 3.63) is 77.2 Å². The molecular weight excluding hydrogens is 308 g/mol. The topological polar surface area (TPSA) is 31.0 Å². The monoisotopic (exact) mass is 322 g/mol. The molecule has 4 heteroatoms. The van der Waals surface area contributed by atoms with Gasteiger partial charge in [0.15, 0.2) is 0 Å². The second kappa shape index (κ2) is 5.60. The van der Waals surface area contributed by atoms with Gasteiger partial charge in [0.1, 0.15) is 11.6 Å². The summed E-state index contributed by atoms with van der Waals surface area (Å²) in [5, 5.41) is 0.691. The lowest BCUT2D eigenvalue weighted by Gasteiger charge is -2.08. The summed E-state index contributed by atoms with van der Waals surface area (Å²) in [4.78, 5) is 4.80. The fourth-order valence-electron chi connectivity index (χ4n) is 2.83. The summed E-state index contributed by atoms with van der Waals surface area (Å²) in [6.45, 7) is 2.72. The number of benzene rings is 2. The first-order valence-electron chi connectivity index (χ1n) is 7.46. The molecule has 0 atom stereocenters. The fourth-order valence-corrected chi connectivity index (χ4v) is 2.99. The summed E-state index contributed by atoms with van der Waals surface area (Å²) < 4.78 is 7.69. The molecule has 0 saturated heterocycles. The Labute approximate surface area is 139 Å². The SMILES string of the molecule is Cc1cccc(-c2nc3cc(Cl)ccc3n2Cc2ccco2)c1. The third kappa shape index (κ3) is 2.64. The zero-order chi connectivity index (χ0) is 15.8. The van der Waals surface area contributed by atoms with Crippen LogP contribution in [0.2, 0.25) is 5.02 Å². The van der Waals surface area contributed by atoms with E-state index in [9.17, 15) is 0 Å². The van der Waals surface area contributed by atoms with Crippen LogP contribution in [0.1, 0.15) is 11.3 Å². The lowest BCUT2D eigenvalue weighted by atomic mass is 10.1. The molecule has 0 amide bonds. The van der Waals surface area contributed by atoms with Crippen molar-refractivity contribution in [3.63, 3.8) is 0 Å². The Balaban J connectivity index is 1.94. The molecule has 0 unspecified atom stereocenters. The molecule has 0 aliphatic rings. The van der Waals surface area contributed by atoms with Crippen LogP contribution in [0.15, 0.2) is 65.3 Å². The molecule has 2 heterocycles. The molecule has 4 rings (SSSR count). The van der Waals surface area contributed by atoms with Crippen molar-refractivity contribution < 1.29 is 4.42 Å². The maximum atomic E-state index is 6.13. The average Bonchev–Trinajstić information content (AvgIpc) is 3.16. The van der Waals surface area contributed by atoms with Crippen LogP contribution in [0, 0.1) is 6.92 Å². The molecule has 0 N–H and O–H groups in total. The first kappa shape index (κ1) is 14.1. The molecule has 0 aliphatic carbocycles. The second-order valence-corrected chi connectivity index (χ2v) is 6.04. The number of hydrogen-bond acceptors (Lipinski definition) is 2. The zero-order valence-electron chi connectivity index (χ0n) is 12.7. The molecule has 0 radical (unpaired) electrons. The normalized spacial score (nSPS) is 11.2. The van der Waals surface area contributed by atoms with Crippen LogP contribution in [0.3, 0.4) is 0 Å². The molecule has 2 aromatic heterocycles. The minimum atomic E-state index is 0.633. The number of furan rings is 1. The Morgan fingerprint density at radius 1 is 1.09 bits per heavy atom. The predicted molar refractivity (Wildman–Crippen MR) is 92.7 cm³/mol. The fraction of sp³-hybridized carbons (Fsp3) is 0.105. The lowest BCUT2D eigenvalue weighted by Crippen LogP contribution is -2.01. The Bertz CT molecular complexity index is 970. The Kier molecular flexibility index (Phi) is 3.43. The number of nitrogens with zero attached hydrogens (tertiary/aromatic N) is 2.